The number of rotatable bonds is 32. The molecule has 4 aliphatic carbocycles. The zero-order chi connectivity index (χ0) is 99.4. The summed E-state index contributed by atoms with van der Waals surface area (Å²) in [5.41, 5.74) is -5.06. The molecule has 49 heteroatoms. The zero-order valence-corrected chi connectivity index (χ0v) is 76.7. The van der Waals surface area contributed by atoms with Gasteiger partial charge in [-0.3, -0.25) is 0 Å². The second kappa shape index (κ2) is 43.1. The number of hydrogen-bond donors (Lipinski definition) is 31. The summed E-state index contributed by atoms with van der Waals surface area (Å²) in [6.45, 7) is 11.4. The van der Waals surface area contributed by atoms with Crippen LogP contribution in [-0.2, 0) is 85.3 Å². The van der Waals surface area contributed by atoms with Crippen LogP contribution in [0.4, 0.5) is 0 Å². The van der Waals surface area contributed by atoms with Gasteiger partial charge in [0.05, 0.1) is 83.4 Å². The minimum atomic E-state index is -2.30. The Kier molecular flexibility index (Phi) is 35.1. The van der Waals surface area contributed by atoms with Crippen LogP contribution in [0.1, 0.15) is 121 Å². The second-order valence-corrected chi connectivity index (χ2v) is 41.1. The molecule has 784 valence electrons. The predicted octanol–water partition coefficient (Wildman–Crippen LogP) is -13.3. The fraction of sp³-hybridized carbons (Fsp3) is 0.977. The van der Waals surface area contributed by atoms with E-state index in [-0.39, 0.29) is 18.3 Å². The van der Waals surface area contributed by atoms with E-state index in [1.807, 2.05) is 13.8 Å². The van der Waals surface area contributed by atoms with Crippen LogP contribution in [0.25, 0.3) is 0 Å². The normalized spacial score (nSPS) is 53.1. The van der Waals surface area contributed by atoms with E-state index in [0.29, 0.717) is 44.9 Å². The van der Waals surface area contributed by atoms with Crippen LogP contribution in [0.2, 0.25) is 0 Å². The lowest BCUT2D eigenvalue weighted by Gasteiger charge is -2.75. The molecule has 11 unspecified atom stereocenters. The molecule has 13 aliphatic rings. The minimum Gasteiger partial charge on any atom is -0.394 e. The van der Waals surface area contributed by atoms with Gasteiger partial charge in [0, 0.05) is 10.8 Å². The maximum absolute atomic E-state index is 13.4. The first-order chi connectivity index (χ1) is 63.4. The Morgan fingerprint density at radius 1 is 0.326 bits per heavy atom. The molecule has 0 aromatic rings. The highest BCUT2D eigenvalue weighted by Gasteiger charge is 2.78. The monoisotopic (exact) mass is 1960 g/mol. The topological polar surface area (TPSA) is 793 Å². The van der Waals surface area contributed by atoms with Crippen LogP contribution >= 0.6 is 0 Å². The van der Waals surface area contributed by atoms with E-state index in [4.69, 9.17) is 85.3 Å². The van der Waals surface area contributed by atoms with Gasteiger partial charge < -0.3 is 244 Å². The smallest absolute Gasteiger partial charge is 0.187 e. The largest absolute Gasteiger partial charge is 0.394 e. The molecule has 9 heterocycles. The Bertz CT molecular complexity index is 3790. The summed E-state index contributed by atoms with van der Waals surface area (Å²) in [5.74, 6) is -0.307. The van der Waals surface area contributed by atoms with E-state index in [1.165, 1.54) is 13.8 Å². The molecule has 0 spiro atoms. The third-order valence-electron chi connectivity index (χ3n) is 33.0. The van der Waals surface area contributed by atoms with Crippen molar-refractivity contribution in [1.29, 1.82) is 0 Å². The van der Waals surface area contributed by atoms with Crippen LogP contribution in [0, 0.1) is 44.3 Å². The first-order valence-corrected chi connectivity index (χ1v) is 46.4. The maximum atomic E-state index is 13.4. The molecule has 3 saturated carbocycles. The van der Waals surface area contributed by atoms with Gasteiger partial charge in [-0.25, -0.2) is 0 Å². The van der Waals surface area contributed by atoms with Crippen molar-refractivity contribution in [3.8, 4) is 0 Å². The van der Waals surface area contributed by atoms with Crippen molar-refractivity contribution in [3.05, 3.63) is 11.6 Å². The van der Waals surface area contributed by atoms with E-state index >= 15 is 0 Å². The van der Waals surface area contributed by atoms with E-state index in [9.17, 15) is 158 Å². The molecule has 12 fully saturated rings. The molecule has 49 nitrogen and oxygen atoms in total. The molecule has 0 amide bonds. The van der Waals surface area contributed by atoms with Gasteiger partial charge in [0.25, 0.3) is 0 Å². The van der Waals surface area contributed by atoms with Gasteiger partial charge in [0.1, 0.15) is 220 Å². The zero-order valence-electron chi connectivity index (χ0n) is 76.7. The van der Waals surface area contributed by atoms with Crippen molar-refractivity contribution in [1.82, 2.24) is 0 Å². The molecule has 9 saturated heterocycles. The second-order valence-electron chi connectivity index (χ2n) is 41.1. The van der Waals surface area contributed by atoms with Gasteiger partial charge in [-0.1, -0.05) is 67.0 Å². The van der Waals surface area contributed by atoms with E-state index in [1.54, 1.807) is 0 Å². The highest BCUT2D eigenvalue weighted by molar-refractivity contribution is 5.39. The minimum absolute atomic E-state index is 0.0312. The number of aliphatic hydroxyl groups excluding tert-OH is 30. The molecule has 0 radical (unpaired) electrons. The fourth-order valence-corrected chi connectivity index (χ4v) is 24.3. The van der Waals surface area contributed by atoms with Crippen molar-refractivity contribution >= 4 is 0 Å². The van der Waals surface area contributed by atoms with E-state index in [0.717, 1.165) is 5.57 Å². The summed E-state index contributed by atoms with van der Waals surface area (Å²) in [6, 6.07) is 0. The van der Waals surface area contributed by atoms with Gasteiger partial charge in [-0.2, -0.15) is 0 Å². The van der Waals surface area contributed by atoms with Crippen LogP contribution in [0.3, 0.4) is 0 Å². The Labute approximate surface area is 777 Å². The third kappa shape index (κ3) is 19.7. The summed E-state index contributed by atoms with van der Waals surface area (Å²) in [5, 5.41) is 344. The maximum Gasteiger partial charge on any atom is 0.187 e. The Morgan fingerprint density at radius 2 is 0.607 bits per heavy atom. The van der Waals surface area contributed by atoms with Crippen molar-refractivity contribution < 1.29 is 244 Å². The average Bonchev–Trinajstić information content (AvgIpc) is 1.62. The molecule has 135 heavy (non-hydrogen) atoms. The lowest BCUT2D eigenvalue weighted by atomic mass is 9.29. The summed E-state index contributed by atoms with van der Waals surface area (Å²) in [4.78, 5) is 0. The summed E-state index contributed by atoms with van der Waals surface area (Å²) in [6.07, 6.45) is -83.1. The van der Waals surface area contributed by atoms with Crippen LogP contribution in [0.15, 0.2) is 11.6 Å². The number of hydrogen-bond acceptors (Lipinski definition) is 49. The highest BCUT2D eigenvalue weighted by atomic mass is 16.8. The first kappa shape index (κ1) is 110. The van der Waals surface area contributed by atoms with Gasteiger partial charge >= 0.3 is 0 Å². The van der Waals surface area contributed by atoms with Crippen molar-refractivity contribution in [3.63, 3.8) is 0 Å². The molecule has 9 aliphatic heterocycles. The van der Waals surface area contributed by atoms with E-state index < -0.39 is 392 Å². The molecule has 0 aromatic carbocycles. The lowest BCUT2D eigenvalue weighted by molar-refractivity contribution is -0.403. The highest BCUT2D eigenvalue weighted by Crippen LogP contribution is 2.82. The molecular weight excluding hydrogens is 1820 g/mol. The van der Waals surface area contributed by atoms with E-state index in [2.05, 4.69) is 47.6 Å². The summed E-state index contributed by atoms with van der Waals surface area (Å²) >= 11 is 0. The van der Waals surface area contributed by atoms with Crippen LogP contribution in [-0.4, -0.2) is 518 Å². The Balaban J connectivity index is 0.667. The van der Waals surface area contributed by atoms with Crippen LogP contribution in [0.5, 0.6) is 0 Å². The summed E-state index contributed by atoms with van der Waals surface area (Å²) < 4.78 is 107. The molecule has 31 N–H and O–H groups in total. The molecule has 0 bridgehead atoms. The number of aliphatic hydroxyl groups is 31. The fourth-order valence-electron chi connectivity index (χ4n) is 24.3. The lowest BCUT2D eigenvalue weighted by Crippen LogP contribution is -2.72. The third-order valence-corrected chi connectivity index (χ3v) is 33.0. The standard InChI is InChI=1S/C86H146O49/c1-29(11-12-43(81(4,5)117)128-79-70(63(116)69(39(28-95)126-79)134-74-57(110)49(102)46(99)33(22-89)120-74)135-78-62(115)54(107)68(38(27-94)125-78)133-77-60(113)52(105)66(36(25-92)123-77)130-73-56(109)48(101)45(98)32(21-88)119-73)30-13-17-84(8)83(30,7)19-41(96)86(10)82(6)16-15-42(80(2,3)40(82)14-18-85(84,86)9)127-71-58(111)50(103)64(34(23-90)121-71)131-75-61(114)53(106)67(37(26-93)124-75)132-76-59(112)51(104)65(35(24-91)122-76)129-72-55(108)47(100)44(97)31(20-87)118-72/h14,29-39,41-79,87-117H,11-13,15-28H2,1-10H3/t29-,30?,31-,32-,33-,34-,35-,36-,37-,38-,39-,41?,42+,43-,44-,45-,46-,47+,48+,49+,50-,51-,52-,53-,54-,55-,56-,57-,58-,59-,60-,61-,62-,63+,64-,65-,66-,67-,68-,69-,70-,71?,72?,73?,74?,75?,76?,77?,78?,79?,82-,83-,84-,85+,86+/m1/s1. The van der Waals surface area contributed by atoms with Crippen molar-refractivity contribution in [2.24, 2.45) is 44.3 Å². The molecule has 13 rings (SSSR count). The molecule has 55 atom stereocenters. The van der Waals surface area contributed by atoms with Crippen molar-refractivity contribution in [2.45, 2.75) is 421 Å². The van der Waals surface area contributed by atoms with Gasteiger partial charge in [0.15, 0.2) is 56.6 Å². The quantitative estimate of drug-likeness (QED) is 0.0278. The van der Waals surface area contributed by atoms with Gasteiger partial charge in [0.2, 0.25) is 0 Å². The van der Waals surface area contributed by atoms with Gasteiger partial charge in [-0.15, -0.1) is 0 Å². The average molecular weight is 1960 g/mol. The predicted molar refractivity (Wildman–Crippen MR) is 440 cm³/mol. The summed E-state index contributed by atoms with van der Waals surface area (Å²) in [7, 11) is 0. The molecule has 0 aromatic heterocycles. The number of allylic oxidation sites excluding steroid dienone is 1. The number of ether oxygens (including phenoxy) is 18. The first-order valence-electron chi connectivity index (χ1n) is 46.4. The SMILES string of the molecule is C[C@H](CC[C@@H](OC1O[C@H](CO)[C@@H](OC2O[C@H](CO)[C@@H](O)[C@H](O)[C@H]2O)[C@H](O)[C@H]1OC1O[C@H](CO)[C@@H](OC2O[C@H](CO)[C@@H](OC3O[C@H](CO)[C@@H](O)[C@H](O)[C@H]3O)[C@H](O)[C@H]2O)[C@H](O)[C@H]1O)C(C)(C)O)C1CC[C@@]2(C)[C@]3(C)CC=C4C(C)(C)[C@@H](OC5O[C@H](CO)[C@@H](OC6O[C@H](CO)[C@@H](OC7O[C@H](CO)[C@@H](OC8O[C@H](CO)[C@@H](O)[C@H](O)[C@H]8O)[C@H](O)[C@H]7O)[C@H](O)[C@H]6O)[C@H](O)[C@H]5O)CC[C@@]4(C)[C@]3(C)C(O)C[C@]12C. The number of fused-ring (bicyclic) bond motifs is 5. The Morgan fingerprint density at radius 3 is 0.919 bits per heavy atom. The Hall–Kier alpha value is -2.22. The van der Waals surface area contributed by atoms with Gasteiger partial charge in [-0.05, 0) is 98.7 Å². The van der Waals surface area contributed by atoms with Crippen LogP contribution < -0.4 is 0 Å². The molecular formula is C86H146O49. The van der Waals surface area contributed by atoms with Crippen molar-refractivity contribution in [2.75, 3.05) is 59.5 Å².